The first-order valence-electron chi connectivity index (χ1n) is 8.80. The zero-order chi connectivity index (χ0) is 19.5. The zero-order valence-corrected chi connectivity index (χ0v) is 16.0. The van der Waals surface area contributed by atoms with Gasteiger partial charge in [0.05, 0.1) is 24.9 Å². The Labute approximate surface area is 167 Å². The van der Waals surface area contributed by atoms with Crippen molar-refractivity contribution < 1.29 is 9.53 Å². The number of carbonyl (C=O) groups excluding carboxylic acids is 1. The summed E-state index contributed by atoms with van der Waals surface area (Å²) in [6.07, 6.45) is 2.09. The molecule has 4 aromatic rings. The molecule has 0 saturated heterocycles. The molecule has 0 saturated carbocycles. The summed E-state index contributed by atoms with van der Waals surface area (Å²) in [5, 5.41) is 3.58. The molecule has 0 bridgehead atoms. The summed E-state index contributed by atoms with van der Waals surface area (Å²) in [7, 11) is 1.59. The minimum absolute atomic E-state index is 0.130. The fourth-order valence-corrected chi connectivity index (χ4v) is 3.24. The fraction of sp³-hybridized carbons (Fsp3) is 0.0909. The van der Waals surface area contributed by atoms with Gasteiger partial charge in [0.2, 0.25) is 5.91 Å². The Hall–Kier alpha value is -3.31. The summed E-state index contributed by atoms with van der Waals surface area (Å²) >= 11 is 6.02. The molecule has 28 heavy (non-hydrogen) atoms. The van der Waals surface area contributed by atoms with Crippen LogP contribution >= 0.6 is 11.6 Å². The van der Waals surface area contributed by atoms with Crippen molar-refractivity contribution in [2.75, 3.05) is 12.4 Å². The van der Waals surface area contributed by atoms with Crippen molar-refractivity contribution in [2.24, 2.45) is 0 Å². The summed E-state index contributed by atoms with van der Waals surface area (Å²) in [6, 6.07) is 20.5. The van der Waals surface area contributed by atoms with Crippen LogP contribution in [0, 0.1) is 0 Å². The molecule has 2 aromatic carbocycles. The quantitative estimate of drug-likeness (QED) is 0.529. The summed E-state index contributed by atoms with van der Waals surface area (Å²) in [5.74, 6) is 0.559. The van der Waals surface area contributed by atoms with Crippen LogP contribution in [-0.4, -0.2) is 22.4 Å². The summed E-state index contributed by atoms with van der Waals surface area (Å²) < 4.78 is 7.15. The molecular weight excluding hydrogens is 374 g/mol. The number of imidazole rings is 1. The van der Waals surface area contributed by atoms with Gasteiger partial charge >= 0.3 is 0 Å². The van der Waals surface area contributed by atoms with Crippen molar-refractivity contribution in [1.82, 2.24) is 9.38 Å². The number of hydrogen-bond acceptors (Lipinski definition) is 3. The Morgan fingerprint density at radius 3 is 2.71 bits per heavy atom. The molecule has 0 aliphatic rings. The van der Waals surface area contributed by atoms with Crippen LogP contribution in [0.25, 0.3) is 16.9 Å². The number of nitrogens with one attached hydrogen (secondary N) is 1. The molecule has 0 spiro atoms. The summed E-state index contributed by atoms with van der Waals surface area (Å²) in [6.45, 7) is 0. The van der Waals surface area contributed by atoms with E-state index >= 15 is 0 Å². The molecule has 0 aliphatic carbocycles. The minimum atomic E-state index is -0.130. The number of methoxy groups -OCH3 is 1. The number of aromatic nitrogens is 2. The van der Waals surface area contributed by atoms with Gasteiger partial charge in [-0.1, -0.05) is 35.9 Å². The largest absolute Gasteiger partial charge is 0.497 e. The average Bonchev–Trinajstić information content (AvgIpc) is 3.07. The number of anilines is 1. The van der Waals surface area contributed by atoms with Crippen LogP contribution < -0.4 is 10.1 Å². The first-order valence-corrected chi connectivity index (χ1v) is 9.17. The molecule has 1 N–H and O–H groups in total. The first kappa shape index (κ1) is 18.1. The number of pyridine rings is 1. The summed E-state index contributed by atoms with van der Waals surface area (Å²) in [4.78, 5) is 17.5. The van der Waals surface area contributed by atoms with Crippen molar-refractivity contribution in [2.45, 2.75) is 6.42 Å². The average molecular weight is 392 g/mol. The molecule has 2 heterocycles. The van der Waals surface area contributed by atoms with E-state index in [1.54, 1.807) is 13.2 Å². The Morgan fingerprint density at radius 1 is 1.11 bits per heavy atom. The first-order chi connectivity index (χ1) is 13.6. The van der Waals surface area contributed by atoms with Crippen LogP contribution in [0.1, 0.15) is 5.69 Å². The molecule has 0 aliphatic heterocycles. The van der Waals surface area contributed by atoms with Crippen molar-refractivity contribution in [1.29, 1.82) is 0 Å². The topological polar surface area (TPSA) is 55.6 Å². The second-order valence-electron chi connectivity index (χ2n) is 6.30. The van der Waals surface area contributed by atoms with Crippen LogP contribution in [0.4, 0.5) is 5.69 Å². The van der Waals surface area contributed by atoms with Gasteiger partial charge in [-0.2, -0.15) is 0 Å². The highest BCUT2D eigenvalue weighted by Gasteiger charge is 2.17. The predicted octanol–water partition coefficient (Wildman–Crippen LogP) is 4.84. The van der Waals surface area contributed by atoms with Crippen molar-refractivity contribution in [3.05, 3.63) is 83.6 Å². The number of hydrogen-bond donors (Lipinski definition) is 1. The maximum absolute atomic E-state index is 12.7. The van der Waals surface area contributed by atoms with Gasteiger partial charge in [-0.3, -0.25) is 4.79 Å². The second-order valence-corrected chi connectivity index (χ2v) is 6.74. The molecule has 0 fully saturated rings. The van der Waals surface area contributed by atoms with Gasteiger partial charge in [-0.05, 0) is 36.4 Å². The van der Waals surface area contributed by atoms with Crippen molar-refractivity contribution >= 4 is 28.8 Å². The van der Waals surface area contributed by atoms with Gasteiger partial charge < -0.3 is 14.5 Å². The number of halogens is 1. The minimum Gasteiger partial charge on any atom is -0.497 e. The lowest BCUT2D eigenvalue weighted by molar-refractivity contribution is -0.115. The van der Waals surface area contributed by atoms with E-state index in [1.165, 1.54) is 0 Å². The van der Waals surface area contributed by atoms with Gasteiger partial charge in [0.1, 0.15) is 11.4 Å². The van der Waals surface area contributed by atoms with Gasteiger partial charge in [0.15, 0.2) is 0 Å². The van der Waals surface area contributed by atoms with E-state index in [1.807, 2.05) is 71.3 Å². The highest BCUT2D eigenvalue weighted by Crippen LogP contribution is 2.27. The van der Waals surface area contributed by atoms with E-state index in [-0.39, 0.29) is 12.3 Å². The second kappa shape index (κ2) is 7.74. The van der Waals surface area contributed by atoms with Crippen LogP contribution in [0.2, 0.25) is 5.02 Å². The van der Waals surface area contributed by atoms with Gasteiger partial charge in [0.25, 0.3) is 0 Å². The van der Waals surface area contributed by atoms with Crippen LogP contribution in [0.15, 0.2) is 72.9 Å². The van der Waals surface area contributed by atoms with E-state index in [0.717, 1.165) is 22.6 Å². The lowest BCUT2D eigenvalue weighted by Gasteiger charge is -2.08. The van der Waals surface area contributed by atoms with Gasteiger partial charge in [0, 0.05) is 28.5 Å². The highest BCUT2D eigenvalue weighted by molar-refractivity contribution is 6.30. The predicted molar refractivity (Wildman–Crippen MR) is 111 cm³/mol. The van der Waals surface area contributed by atoms with E-state index in [2.05, 4.69) is 5.32 Å². The highest BCUT2D eigenvalue weighted by atomic mass is 35.5. The normalized spacial score (nSPS) is 10.8. The lowest BCUT2D eigenvalue weighted by atomic mass is 10.1. The zero-order valence-electron chi connectivity index (χ0n) is 15.2. The maximum atomic E-state index is 12.7. The molecule has 140 valence electrons. The van der Waals surface area contributed by atoms with Crippen LogP contribution in [0.3, 0.4) is 0 Å². The molecule has 2 aromatic heterocycles. The third-order valence-corrected chi connectivity index (χ3v) is 4.68. The Kier molecular flexibility index (Phi) is 5.00. The number of carbonyl (C=O) groups is 1. The van der Waals surface area contributed by atoms with E-state index in [9.17, 15) is 4.79 Å². The third kappa shape index (κ3) is 3.70. The van der Waals surface area contributed by atoms with E-state index in [4.69, 9.17) is 21.3 Å². The third-order valence-electron chi connectivity index (χ3n) is 4.43. The maximum Gasteiger partial charge on any atom is 0.230 e. The van der Waals surface area contributed by atoms with Crippen molar-refractivity contribution in [3.8, 4) is 17.0 Å². The molecule has 1 amide bonds. The Morgan fingerprint density at radius 2 is 1.93 bits per heavy atom. The van der Waals surface area contributed by atoms with Crippen LogP contribution in [-0.2, 0) is 11.2 Å². The molecule has 0 atom stereocenters. The molecule has 0 radical (unpaired) electrons. The molecule has 4 rings (SSSR count). The number of rotatable bonds is 5. The standard InChI is InChI=1S/C22H18ClN3O2/c1-28-18-6-4-5-17(13-18)24-21(27)14-19-22(15-8-10-16(23)11-9-15)25-20-7-2-3-12-26(19)20/h2-13H,14H2,1H3,(H,24,27). The Balaban J connectivity index is 1.68. The Bertz CT molecular complexity index is 1140. The molecule has 5 nitrogen and oxygen atoms in total. The van der Waals surface area contributed by atoms with Gasteiger partial charge in [-0.15, -0.1) is 0 Å². The summed E-state index contributed by atoms with van der Waals surface area (Å²) in [5.41, 5.74) is 3.97. The molecular formula is C22H18ClN3O2. The molecule has 6 heteroatoms. The number of benzene rings is 2. The van der Waals surface area contributed by atoms with E-state index < -0.39 is 0 Å². The number of nitrogens with zero attached hydrogens (tertiary/aromatic N) is 2. The van der Waals surface area contributed by atoms with Crippen molar-refractivity contribution in [3.63, 3.8) is 0 Å². The SMILES string of the molecule is COc1cccc(NC(=O)Cc2c(-c3ccc(Cl)cc3)nc3ccccn23)c1. The molecule has 0 unspecified atom stereocenters. The number of fused-ring (bicyclic) bond motifs is 1. The monoisotopic (exact) mass is 391 g/mol. The smallest absolute Gasteiger partial charge is 0.230 e. The fourth-order valence-electron chi connectivity index (χ4n) is 3.11. The number of amides is 1. The lowest BCUT2D eigenvalue weighted by Crippen LogP contribution is -2.16. The van der Waals surface area contributed by atoms with E-state index in [0.29, 0.717) is 16.5 Å². The van der Waals surface area contributed by atoms with Crippen LogP contribution in [0.5, 0.6) is 5.75 Å². The number of ether oxygens (including phenoxy) is 1. The van der Waals surface area contributed by atoms with Gasteiger partial charge in [-0.25, -0.2) is 4.98 Å².